The number of halogens is 1. The minimum Gasteiger partial charge on any atom is -0.347 e. The molecule has 1 unspecified atom stereocenters. The number of hydrogen-bond acceptors (Lipinski definition) is 3. The molecule has 1 atom stereocenters. The maximum absolute atomic E-state index is 11.9. The van der Waals surface area contributed by atoms with Crippen molar-refractivity contribution < 1.29 is 4.79 Å². The molecule has 0 aliphatic heterocycles. The first-order valence-corrected chi connectivity index (χ1v) is 7.42. The summed E-state index contributed by atoms with van der Waals surface area (Å²) < 4.78 is 2.15. The zero-order valence-electron chi connectivity index (χ0n) is 10.3. The van der Waals surface area contributed by atoms with Crippen LogP contribution in [0.3, 0.4) is 0 Å². The molecule has 100 valence electrons. The minimum absolute atomic E-state index is 0.0218. The molecule has 2 heterocycles. The summed E-state index contributed by atoms with van der Waals surface area (Å²) in [6.07, 6.45) is 1.61. The maximum atomic E-state index is 11.9. The van der Waals surface area contributed by atoms with Crippen molar-refractivity contribution in [2.75, 3.05) is 0 Å². The fraction of sp³-hybridized carbons (Fsp3) is 0.231. The second-order valence-electron chi connectivity index (χ2n) is 4.12. The third-order valence-electron chi connectivity index (χ3n) is 2.61. The maximum Gasteiger partial charge on any atom is 0.251 e. The van der Waals surface area contributed by atoms with Gasteiger partial charge in [0, 0.05) is 21.6 Å². The van der Waals surface area contributed by atoms with Gasteiger partial charge < -0.3 is 9.88 Å². The van der Waals surface area contributed by atoms with Crippen LogP contribution in [0.5, 0.6) is 0 Å². The zero-order chi connectivity index (χ0) is 13.8. The number of carbonyl (C=O) groups excluding carboxylic acids is 1. The van der Waals surface area contributed by atoms with Gasteiger partial charge in [0.05, 0.1) is 6.04 Å². The molecule has 1 N–H and O–H groups in total. The van der Waals surface area contributed by atoms with E-state index in [1.54, 1.807) is 23.6 Å². The molecule has 0 aromatic carbocycles. The number of thiophene rings is 1. The van der Waals surface area contributed by atoms with Crippen LogP contribution >= 0.6 is 27.3 Å². The number of amides is 1. The molecule has 0 fully saturated rings. The molecule has 0 aliphatic rings. The highest BCUT2D eigenvalue weighted by Gasteiger charge is 2.11. The van der Waals surface area contributed by atoms with Crippen LogP contribution in [0.2, 0.25) is 0 Å². The van der Waals surface area contributed by atoms with Crippen molar-refractivity contribution in [2.24, 2.45) is 0 Å². The average Bonchev–Trinajstić information content (AvgIpc) is 2.87. The molecular formula is C13H13BrN2O2S. The van der Waals surface area contributed by atoms with E-state index in [-0.39, 0.29) is 24.1 Å². The Hall–Kier alpha value is -1.40. The lowest BCUT2D eigenvalue weighted by Crippen LogP contribution is -2.33. The van der Waals surface area contributed by atoms with Gasteiger partial charge in [0.25, 0.3) is 5.56 Å². The number of hydrogen-bond donors (Lipinski definition) is 1. The van der Waals surface area contributed by atoms with Gasteiger partial charge in [0.2, 0.25) is 5.91 Å². The molecule has 0 radical (unpaired) electrons. The van der Waals surface area contributed by atoms with Crippen molar-refractivity contribution in [2.45, 2.75) is 19.5 Å². The lowest BCUT2D eigenvalue weighted by molar-refractivity contribution is -0.122. The van der Waals surface area contributed by atoms with Crippen LogP contribution in [0.4, 0.5) is 0 Å². The summed E-state index contributed by atoms with van der Waals surface area (Å²) in [5, 5.41) is 4.84. The number of carbonyl (C=O) groups is 1. The van der Waals surface area contributed by atoms with Gasteiger partial charge in [-0.1, -0.05) is 6.07 Å². The number of aromatic nitrogens is 1. The van der Waals surface area contributed by atoms with Crippen LogP contribution in [-0.2, 0) is 11.3 Å². The molecule has 2 rings (SSSR count). The van der Waals surface area contributed by atoms with E-state index in [2.05, 4.69) is 21.2 Å². The molecule has 4 nitrogen and oxygen atoms in total. The molecular weight excluding hydrogens is 328 g/mol. The number of nitrogens with one attached hydrogen (secondary N) is 1. The fourth-order valence-corrected chi connectivity index (χ4v) is 2.79. The molecule has 0 saturated heterocycles. The van der Waals surface area contributed by atoms with Gasteiger partial charge in [-0.2, -0.15) is 0 Å². The first kappa shape index (κ1) is 14.0. The Morgan fingerprint density at radius 1 is 1.47 bits per heavy atom. The monoisotopic (exact) mass is 340 g/mol. The Morgan fingerprint density at radius 2 is 2.26 bits per heavy atom. The predicted octanol–water partition coefficient (Wildman–Crippen LogP) is 2.55. The van der Waals surface area contributed by atoms with Crippen molar-refractivity contribution in [1.82, 2.24) is 9.88 Å². The summed E-state index contributed by atoms with van der Waals surface area (Å²) in [5.74, 6) is -0.180. The molecule has 0 spiro atoms. The van der Waals surface area contributed by atoms with Crippen LogP contribution in [0, 0.1) is 0 Å². The van der Waals surface area contributed by atoms with Crippen LogP contribution in [0.1, 0.15) is 17.8 Å². The lowest BCUT2D eigenvalue weighted by Gasteiger charge is -2.13. The Bertz CT molecular complexity index is 622. The number of nitrogens with zero attached hydrogens (tertiary/aromatic N) is 1. The van der Waals surface area contributed by atoms with Gasteiger partial charge in [0.1, 0.15) is 6.54 Å². The van der Waals surface area contributed by atoms with Crippen molar-refractivity contribution in [3.05, 3.63) is 55.5 Å². The highest BCUT2D eigenvalue weighted by molar-refractivity contribution is 9.10. The Balaban J connectivity index is 2.02. The van der Waals surface area contributed by atoms with Crippen LogP contribution in [0.15, 0.2) is 45.1 Å². The Labute approximate surface area is 123 Å². The summed E-state index contributed by atoms with van der Waals surface area (Å²) in [6, 6.07) is 6.96. The largest absolute Gasteiger partial charge is 0.347 e. The summed E-state index contributed by atoms with van der Waals surface area (Å²) in [7, 11) is 0. The van der Waals surface area contributed by atoms with Gasteiger partial charge in [-0.25, -0.2) is 0 Å². The van der Waals surface area contributed by atoms with Crippen molar-refractivity contribution in [3.63, 3.8) is 0 Å². The zero-order valence-corrected chi connectivity index (χ0v) is 12.7. The topological polar surface area (TPSA) is 51.1 Å². The Morgan fingerprint density at radius 3 is 2.95 bits per heavy atom. The summed E-state index contributed by atoms with van der Waals surface area (Å²) in [5.41, 5.74) is -0.192. The van der Waals surface area contributed by atoms with Gasteiger partial charge in [0.15, 0.2) is 0 Å². The molecule has 6 heteroatoms. The van der Waals surface area contributed by atoms with Crippen LogP contribution in [-0.4, -0.2) is 10.5 Å². The third-order valence-corrected chi connectivity index (χ3v) is 4.13. The van der Waals surface area contributed by atoms with Crippen LogP contribution in [0.25, 0.3) is 0 Å². The quantitative estimate of drug-likeness (QED) is 0.929. The van der Waals surface area contributed by atoms with Crippen LogP contribution < -0.4 is 10.9 Å². The van der Waals surface area contributed by atoms with Gasteiger partial charge in [-0.05, 0) is 40.4 Å². The Kier molecular flexibility index (Phi) is 4.55. The minimum atomic E-state index is -0.192. The second-order valence-corrected chi connectivity index (χ2v) is 6.01. The van der Waals surface area contributed by atoms with E-state index < -0.39 is 0 Å². The molecule has 2 aromatic rings. The average molecular weight is 341 g/mol. The molecule has 0 bridgehead atoms. The SMILES string of the molecule is CC(NC(=O)Cn1cc(Br)ccc1=O)c1cccs1. The van der Waals surface area contributed by atoms with Gasteiger partial charge in [-0.3, -0.25) is 9.59 Å². The van der Waals surface area contributed by atoms with Crippen molar-refractivity contribution >= 4 is 33.2 Å². The first-order chi connectivity index (χ1) is 9.06. The van der Waals surface area contributed by atoms with E-state index in [0.717, 1.165) is 9.35 Å². The van der Waals surface area contributed by atoms with Crippen molar-refractivity contribution in [1.29, 1.82) is 0 Å². The van der Waals surface area contributed by atoms with Gasteiger partial charge >= 0.3 is 0 Å². The highest BCUT2D eigenvalue weighted by atomic mass is 79.9. The predicted molar refractivity (Wildman–Crippen MR) is 79.3 cm³/mol. The highest BCUT2D eigenvalue weighted by Crippen LogP contribution is 2.17. The molecule has 2 aromatic heterocycles. The number of pyridine rings is 1. The van der Waals surface area contributed by atoms with E-state index >= 15 is 0 Å². The first-order valence-electron chi connectivity index (χ1n) is 5.75. The third kappa shape index (κ3) is 3.78. The molecule has 1 amide bonds. The summed E-state index contributed by atoms with van der Waals surface area (Å²) in [4.78, 5) is 24.6. The smallest absolute Gasteiger partial charge is 0.251 e. The van der Waals surface area contributed by atoms with E-state index in [9.17, 15) is 9.59 Å². The lowest BCUT2D eigenvalue weighted by atomic mass is 10.3. The molecule has 19 heavy (non-hydrogen) atoms. The normalized spacial score (nSPS) is 12.1. The fourth-order valence-electron chi connectivity index (χ4n) is 1.68. The van der Waals surface area contributed by atoms with E-state index in [4.69, 9.17) is 0 Å². The molecule has 0 saturated carbocycles. The molecule has 0 aliphatic carbocycles. The van der Waals surface area contributed by atoms with E-state index in [1.165, 1.54) is 10.6 Å². The van der Waals surface area contributed by atoms with Gasteiger partial charge in [-0.15, -0.1) is 11.3 Å². The standard InChI is InChI=1S/C13H13BrN2O2S/c1-9(11-3-2-6-19-11)15-12(17)8-16-7-10(14)4-5-13(16)18/h2-7,9H,8H2,1H3,(H,15,17). The summed E-state index contributed by atoms with van der Waals surface area (Å²) >= 11 is 4.87. The second kappa shape index (κ2) is 6.16. The van der Waals surface area contributed by atoms with E-state index in [0.29, 0.717) is 0 Å². The number of rotatable bonds is 4. The summed E-state index contributed by atoms with van der Waals surface area (Å²) in [6.45, 7) is 1.95. The van der Waals surface area contributed by atoms with E-state index in [1.807, 2.05) is 24.4 Å². The van der Waals surface area contributed by atoms with Crippen molar-refractivity contribution in [3.8, 4) is 0 Å².